The molecule has 0 fully saturated rings. The second kappa shape index (κ2) is 7.87. The molecule has 0 saturated heterocycles. The maximum absolute atomic E-state index is 12.8. The van der Waals surface area contributed by atoms with Gasteiger partial charge in [0.2, 0.25) is 5.91 Å². The number of hydrogen-bond donors (Lipinski definition) is 2. The van der Waals surface area contributed by atoms with Gasteiger partial charge in [-0.25, -0.2) is 9.07 Å². The lowest BCUT2D eigenvalue weighted by molar-refractivity contribution is -0.128. The molecule has 7 nitrogen and oxygen atoms in total. The lowest BCUT2D eigenvalue weighted by atomic mass is 9.96. The van der Waals surface area contributed by atoms with Gasteiger partial charge in [0.1, 0.15) is 5.82 Å². The summed E-state index contributed by atoms with van der Waals surface area (Å²) in [6.07, 6.45) is 1.52. The minimum absolute atomic E-state index is 0.0510. The highest BCUT2D eigenvalue weighted by atomic mass is 19.1. The minimum atomic E-state index is -0.451. The van der Waals surface area contributed by atoms with Crippen molar-refractivity contribution in [2.45, 2.75) is 33.9 Å². The fourth-order valence-corrected chi connectivity index (χ4v) is 1.94. The summed E-state index contributed by atoms with van der Waals surface area (Å²) in [5.41, 5.74) is 0.518. The first kappa shape index (κ1) is 18.6. The second-order valence-electron chi connectivity index (χ2n) is 6.68. The third-order valence-electron chi connectivity index (χ3n) is 3.45. The van der Waals surface area contributed by atoms with Crippen LogP contribution >= 0.6 is 0 Å². The van der Waals surface area contributed by atoms with E-state index in [4.69, 9.17) is 0 Å². The van der Waals surface area contributed by atoms with Crippen LogP contribution in [0.2, 0.25) is 0 Å². The highest BCUT2D eigenvalue weighted by Crippen LogP contribution is 2.12. The van der Waals surface area contributed by atoms with Gasteiger partial charge in [0, 0.05) is 18.5 Å². The number of nitrogens with one attached hydrogen (secondary N) is 2. The molecule has 1 aromatic carbocycles. The Labute approximate surface area is 145 Å². The van der Waals surface area contributed by atoms with Gasteiger partial charge in [0.05, 0.1) is 12.7 Å². The van der Waals surface area contributed by atoms with Crippen molar-refractivity contribution in [1.29, 1.82) is 0 Å². The first-order chi connectivity index (χ1) is 11.8. The Morgan fingerprint density at radius 1 is 1.16 bits per heavy atom. The van der Waals surface area contributed by atoms with Crippen molar-refractivity contribution in [2.24, 2.45) is 5.41 Å². The molecule has 0 radical (unpaired) electrons. The Bertz CT molecular complexity index is 734. The van der Waals surface area contributed by atoms with Crippen molar-refractivity contribution >= 4 is 11.8 Å². The molecule has 0 bridgehead atoms. The first-order valence-corrected chi connectivity index (χ1v) is 7.97. The van der Waals surface area contributed by atoms with Gasteiger partial charge >= 0.3 is 0 Å². The van der Waals surface area contributed by atoms with Crippen LogP contribution in [0.15, 0.2) is 30.5 Å². The average molecular weight is 347 g/mol. The molecule has 0 aliphatic rings. The molecule has 2 rings (SSSR count). The van der Waals surface area contributed by atoms with E-state index in [1.165, 1.54) is 23.0 Å². The van der Waals surface area contributed by atoms with Crippen LogP contribution in [-0.4, -0.2) is 33.4 Å². The van der Waals surface area contributed by atoms with Gasteiger partial charge in [0.15, 0.2) is 5.69 Å². The molecule has 2 N–H and O–H groups in total. The lowest BCUT2D eigenvalue weighted by Crippen LogP contribution is -2.36. The summed E-state index contributed by atoms with van der Waals surface area (Å²) in [4.78, 5) is 23.8. The minimum Gasteiger partial charge on any atom is -0.354 e. The zero-order chi connectivity index (χ0) is 18.4. The van der Waals surface area contributed by atoms with E-state index in [0.717, 1.165) is 5.56 Å². The van der Waals surface area contributed by atoms with Gasteiger partial charge < -0.3 is 10.6 Å². The van der Waals surface area contributed by atoms with Gasteiger partial charge in [-0.05, 0) is 17.7 Å². The number of rotatable bonds is 6. The Balaban J connectivity index is 1.80. The molecule has 1 aromatic heterocycles. The SMILES string of the molecule is CC(C)(C)C(=O)NCCn1cc(C(=O)NCc2ccc(F)cc2)nn1. The van der Waals surface area contributed by atoms with Crippen LogP contribution in [0.5, 0.6) is 0 Å². The number of benzene rings is 1. The highest BCUT2D eigenvalue weighted by Gasteiger charge is 2.20. The Morgan fingerprint density at radius 3 is 2.48 bits per heavy atom. The number of halogens is 1. The summed E-state index contributed by atoms with van der Waals surface area (Å²) in [6.45, 7) is 6.59. The van der Waals surface area contributed by atoms with Crippen molar-refractivity contribution in [2.75, 3.05) is 6.54 Å². The predicted molar refractivity (Wildman–Crippen MR) is 90.1 cm³/mol. The van der Waals surface area contributed by atoms with Crippen molar-refractivity contribution in [3.8, 4) is 0 Å². The zero-order valence-electron chi connectivity index (χ0n) is 14.5. The number of carbonyl (C=O) groups is 2. The number of amides is 2. The van der Waals surface area contributed by atoms with Crippen molar-refractivity contribution in [3.05, 3.63) is 47.5 Å². The van der Waals surface area contributed by atoms with Crippen molar-refractivity contribution in [3.63, 3.8) is 0 Å². The van der Waals surface area contributed by atoms with Crippen LogP contribution in [0, 0.1) is 11.2 Å². The van der Waals surface area contributed by atoms with Gasteiger partial charge in [-0.1, -0.05) is 38.1 Å². The number of carbonyl (C=O) groups excluding carboxylic acids is 2. The van der Waals surface area contributed by atoms with Crippen molar-refractivity contribution in [1.82, 2.24) is 25.6 Å². The van der Waals surface area contributed by atoms with E-state index >= 15 is 0 Å². The van der Waals surface area contributed by atoms with Crippen LogP contribution in [0.1, 0.15) is 36.8 Å². The van der Waals surface area contributed by atoms with Crippen LogP contribution in [-0.2, 0) is 17.9 Å². The Morgan fingerprint density at radius 2 is 1.84 bits per heavy atom. The summed E-state index contributed by atoms with van der Waals surface area (Å²) >= 11 is 0. The van der Waals surface area contributed by atoms with Crippen LogP contribution in [0.25, 0.3) is 0 Å². The molecule has 0 saturated carbocycles. The topological polar surface area (TPSA) is 88.9 Å². The predicted octanol–water partition coefficient (Wildman–Crippen LogP) is 1.51. The first-order valence-electron chi connectivity index (χ1n) is 7.97. The summed E-state index contributed by atoms with van der Waals surface area (Å²) in [5.74, 6) is -0.740. The van der Waals surface area contributed by atoms with Gasteiger partial charge in [-0.3, -0.25) is 9.59 Å². The van der Waals surface area contributed by atoms with Crippen LogP contribution in [0.4, 0.5) is 4.39 Å². The Kier molecular flexibility index (Phi) is 5.84. The summed E-state index contributed by atoms with van der Waals surface area (Å²) in [5, 5.41) is 13.2. The quantitative estimate of drug-likeness (QED) is 0.829. The summed E-state index contributed by atoms with van der Waals surface area (Å²) in [7, 11) is 0. The van der Waals surface area contributed by atoms with E-state index in [1.807, 2.05) is 20.8 Å². The molecule has 134 valence electrons. The van der Waals surface area contributed by atoms with Crippen LogP contribution in [0.3, 0.4) is 0 Å². The molecule has 1 heterocycles. The normalized spacial score (nSPS) is 11.2. The second-order valence-corrected chi connectivity index (χ2v) is 6.68. The van der Waals surface area contributed by atoms with Gasteiger partial charge in [-0.15, -0.1) is 5.10 Å². The van der Waals surface area contributed by atoms with Gasteiger partial charge in [-0.2, -0.15) is 0 Å². The zero-order valence-corrected chi connectivity index (χ0v) is 14.5. The molecule has 0 unspecified atom stereocenters. The van der Waals surface area contributed by atoms with E-state index in [2.05, 4.69) is 20.9 Å². The van der Waals surface area contributed by atoms with E-state index in [9.17, 15) is 14.0 Å². The molecule has 0 atom stereocenters. The lowest BCUT2D eigenvalue weighted by Gasteiger charge is -2.17. The molecular formula is C17H22FN5O2. The van der Waals surface area contributed by atoms with E-state index in [-0.39, 0.29) is 29.9 Å². The highest BCUT2D eigenvalue weighted by molar-refractivity contribution is 5.91. The fourth-order valence-electron chi connectivity index (χ4n) is 1.94. The molecule has 0 spiro atoms. The molecule has 2 aromatic rings. The number of nitrogens with zero attached hydrogens (tertiary/aromatic N) is 3. The van der Waals surface area contributed by atoms with E-state index in [0.29, 0.717) is 13.1 Å². The van der Waals surface area contributed by atoms with Crippen LogP contribution < -0.4 is 10.6 Å². The Hall–Kier alpha value is -2.77. The molecular weight excluding hydrogens is 325 g/mol. The van der Waals surface area contributed by atoms with E-state index < -0.39 is 5.41 Å². The maximum atomic E-state index is 12.8. The fraction of sp³-hybridized carbons (Fsp3) is 0.412. The van der Waals surface area contributed by atoms with Gasteiger partial charge in [0.25, 0.3) is 5.91 Å². The summed E-state index contributed by atoms with van der Waals surface area (Å²) in [6, 6.07) is 5.88. The average Bonchev–Trinajstić information content (AvgIpc) is 3.02. The molecule has 8 heteroatoms. The largest absolute Gasteiger partial charge is 0.354 e. The smallest absolute Gasteiger partial charge is 0.273 e. The standard InChI is InChI=1S/C17H22FN5O2/c1-17(2,3)16(25)19-8-9-23-11-14(21-22-23)15(24)20-10-12-4-6-13(18)7-5-12/h4-7,11H,8-10H2,1-3H3,(H,19,25)(H,20,24). The molecule has 2 amide bonds. The molecule has 0 aliphatic carbocycles. The monoisotopic (exact) mass is 347 g/mol. The third-order valence-corrected chi connectivity index (χ3v) is 3.45. The maximum Gasteiger partial charge on any atom is 0.273 e. The van der Waals surface area contributed by atoms with E-state index in [1.54, 1.807) is 12.1 Å². The van der Waals surface area contributed by atoms with Crippen molar-refractivity contribution < 1.29 is 14.0 Å². The summed E-state index contributed by atoms with van der Waals surface area (Å²) < 4.78 is 14.3. The number of aromatic nitrogens is 3. The molecule has 25 heavy (non-hydrogen) atoms. The third kappa shape index (κ3) is 5.66. The number of hydrogen-bond acceptors (Lipinski definition) is 4. The molecule has 0 aliphatic heterocycles.